The number of carbonyl (C=O) groups is 2. The predicted octanol–water partition coefficient (Wildman–Crippen LogP) is 2.65. The maximum absolute atomic E-state index is 12.4. The first-order valence-electron chi connectivity index (χ1n) is 8.14. The van der Waals surface area contributed by atoms with Crippen molar-refractivity contribution >= 4 is 24.1 Å². The molecule has 2 aliphatic rings. The van der Waals surface area contributed by atoms with Crippen LogP contribution in [0.4, 0.5) is 0 Å². The SMILES string of the molecule is Cc1c(C(=O)NCC2(C)CCNCC2)oc2c1C(=O)CCC2.Cl. The first-order valence-corrected chi connectivity index (χ1v) is 8.14. The fourth-order valence-corrected chi connectivity index (χ4v) is 3.45. The number of Topliss-reactive ketones (excluding diaryl/α,β-unsaturated/α-hetero) is 1. The van der Waals surface area contributed by atoms with Crippen molar-refractivity contribution in [3.63, 3.8) is 0 Å². The molecule has 128 valence electrons. The van der Waals surface area contributed by atoms with Crippen molar-refractivity contribution in [3.05, 3.63) is 22.6 Å². The summed E-state index contributed by atoms with van der Waals surface area (Å²) in [6.07, 6.45) is 4.22. The van der Waals surface area contributed by atoms with Gasteiger partial charge in [-0.1, -0.05) is 6.92 Å². The number of furan rings is 1. The molecule has 1 amide bonds. The summed E-state index contributed by atoms with van der Waals surface area (Å²) in [5.41, 5.74) is 1.48. The first-order chi connectivity index (χ1) is 10.5. The zero-order valence-corrected chi connectivity index (χ0v) is 14.6. The summed E-state index contributed by atoms with van der Waals surface area (Å²) in [6, 6.07) is 0. The van der Waals surface area contributed by atoms with Crippen LogP contribution >= 0.6 is 12.4 Å². The average molecular weight is 341 g/mol. The molecular formula is C17H25ClN2O3. The molecule has 0 unspecified atom stereocenters. The minimum Gasteiger partial charge on any atom is -0.455 e. The molecule has 2 heterocycles. The molecule has 23 heavy (non-hydrogen) atoms. The Morgan fingerprint density at radius 1 is 1.30 bits per heavy atom. The van der Waals surface area contributed by atoms with E-state index in [-0.39, 0.29) is 29.5 Å². The lowest BCUT2D eigenvalue weighted by Gasteiger charge is -2.34. The van der Waals surface area contributed by atoms with Gasteiger partial charge in [-0.2, -0.15) is 0 Å². The van der Waals surface area contributed by atoms with Crippen LogP contribution in [0.5, 0.6) is 0 Å². The Balaban J connectivity index is 0.00000192. The average Bonchev–Trinajstić information content (AvgIpc) is 2.84. The number of fused-ring (bicyclic) bond motifs is 1. The van der Waals surface area contributed by atoms with E-state index in [9.17, 15) is 9.59 Å². The highest BCUT2D eigenvalue weighted by Gasteiger charge is 2.31. The van der Waals surface area contributed by atoms with Crippen LogP contribution in [-0.4, -0.2) is 31.3 Å². The number of rotatable bonds is 3. The van der Waals surface area contributed by atoms with Gasteiger partial charge in [-0.05, 0) is 44.7 Å². The molecule has 1 aromatic heterocycles. The molecule has 0 aromatic carbocycles. The molecule has 1 aliphatic heterocycles. The lowest BCUT2D eigenvalue weighted by molar-refractivity contribution is 0.0889. The maximum atomic E-state index is 12.4. The van der Waals surface area contributed by atoms with Gasteiger partial charge in [-0.25, -0.2) is 0 Å². The Morgan fingerprint density at radius 3 is 2.65 bits per heavy atom. The van der Waals surface area contributed by atoms with Crippen LogP contribution in [0.15, 0.2) is 4.42 Å². The summed E-state index contributed by atoms with van der Waals surface area (Å²) < 4.78 is 5.70. The fraction of sp³-hybridized carbons (Fsp3) is 0.647. The van der Waals surface area contributed by atoms with E-state index in [0.717, 1.165) is 38.8 Å². The molecule has 1 fully saturated rings. The molecule has 5 nitrogen and oxygen atoms in total. The third-order valence-corrected chi connectivity index (χ3v) is 5.00. The Kier molecular flexibility index (Phi) is 5.53. The number of carbonyl (C=O) groups excluding carboxylic acids is 2. The Bertz CT molecular complexity index is 603. The van der Waals surface area contributed by atoms with Gasteiger partial charge in [0.2, 0.25) is 0 Å². The highest BCUT2D eigenvalue weighted by molar-refractivity contribution is 6.03. The van der Waals surface area contributed by atoms with E-state index in [1.807, 2.05) is 6.92 Å². The number of hydrogen-bond donors (Lipinski definition) is 2. The third kappa shape index (κ3) is 3.61. The summed E-state index contributed by atoms with van der Waals surface area (Å²) in [7, 11) is 0. The van der Waals surface area contributed by atoms with Gasteiger partial charge >= 0.3 is 0 Å². The second kappa shape index (κ2) is 7.05. The van der Waals surface area contributed by atoms with Crippen LogP contribution in [0.25, 0.3) is 0 Å². The van der Waals surface area contributed by atoms with Crippen LogP contribution < -0.4 is 10.6 Å². The van der Waals surface area contributed by atoms with Gasteiger partial charge in [-0.3, -0.25) is 9.59 Å². The number of piperidine rings is 1. The summed E-state index contributed by atoms with van der Waals surface area (Å²) in [4.78, 5) is 24.4. The van der Waals surface area contributed by atoms with E-state index in [2.05, 4.69) is 17.6 Å². The lowest BCUT2D eigenvalue weighted by Crippen LogP contribution is -2.42. The predicted molar refractivity (Wildman–Crippen MR) is 90.5 cm³/mol. The smallest absolute Gasteiger partial charge is 0.287 e. The topological polar surface area (TPSA) is 71.3 Å². The molecule has 0 atom stereocenters. The molecule has 1 aromatic rings. The van der Waals surface area contributed by atoms with Crippen LogP contribution in [0.3, 0.4) is 0 Å². The quantitative estimate of drug-likeness (QED) is 0.887. The Hall–Kier alpha value is -1.33. The molecular weight excluding hydrogens is 316 g/mol. The molecule has 0 bridgehead atoms. The van der Waals surface area contributed by atoms with E-state index in [1.54, 1.807) is 0 Å². The monoisotopic (exact) mass is 340 g/mol. The van der Waals surface area contributed by atoms with Crippen molar-refractivity contribution in [1.29, 1.82) is 0 Å². The van der Waals surface area contributed by atoms with Crippen LogP contribution in [-0.2, 0) is 6.42 Å². The fourth-order valence-electron chi connectivity index (χ4n) is 3.45. The number of halogens is 1. The largest absolute Gasteiger partial charge is 0.455 e. The minimum absolute atomic E-state index is 0. The van der Waals surface area contributed by atoms with Crippen molar-refractivity contribution in [2.24, 2.45) is 5.41 Å². The minimum atomic E-state index is -0.195. The summed E-state index contributed by atoms with van der Waals surface area (Å²) in [5, 5.41) is 6.34. The maximum Gasteiger partial charge on any atom is 0.287 e. The number of nitrogens with one attached hydrogen (secondary N) is 2. The van der Waals surface area contributed by atoms with Crippen LogP contribution in [0, 0.1) is 12.3 Å². The second-order valence-electron chi connectivity index (χ2n) is 6.87. The molecule has 6 heteroatoms. The number of ketones is 1. The van der Waals surface area contributed by atoms with Crippen molar-refractivity contribution < 1.29 is 14.0 Å². The van der Waals surface area contributed by atoms with Gasteiger partial charge < -0.3 is 15.1 Å². The van der Waals surface area contributed by atoms with Gasteiger partial charge in [0.25, 0.3) is 5.91 Å². The molecule has 1 aliphatic carbocycles. The van der Waals surface area contributed by atoms with Gasteiger partial charge in [0, 0.05) is 24.9 Å². The highest BCUT2D eigenvalue weighted by Crippen LogP contribution is 2.30. The van der Waals surface area contributed by atoms with Gasteiger partial charge in [0.15, 0.2) is 11.5 Å². The van der Waals surface area contributed by atoms with Gasteiger partial charge in [0.1, 0.15) is 5.76 Å². The number of amides is 1. The standard InChI is InChI=1S/C17H24N2O3.ClH/c1-11-14-12(20)4-3-5-13(14)22-15(11)16(21)19-10-17(2)6-8-18-9-7-17;/h18H,3-10H2,1-2H3,(H,19,21);1H. The Labute approximate surface area is 143 Å². The molecule has 0 spiro atoms. The summed E-state index contributed by atoms with van der Waals surface area (Å²) in [6.45, 7) is 6.65. The zero-order valence-electron chi connectivity index (χ0n) is 13.8. The van der Waals surface area contributed by atoms with E-state index in [0.29, 0.717) is 35.6 Å². The molecule has 0 saturated carbocycles. The van der Waals surface area contributed by atoms with E-state index in [1.165, 1.54) is 0 Å². The van der Waals surface area contributed by atoms with E-state index >= 15 is 0 Å². The van der Waals surface area contributed by atoms with Crippen molar-refractivity contribution in [3.8, 4) is 0 Å². The van der Waals surface area contributed by atoms with Crippen LogP contribution in [0.1, 0.15) is 64.8 Å². The van der Waals surface area contributed by atoms with Gasteiger partial charge in [-0.15, -0.1) is 12.4 Å². The second-order valence-corrected chi connectivity index (χ2v) is 6.87. The molecule has 0 radical (unpaired) electrons. The normalized spacial score (nSPS) is 19.7. The first kappa shape index (κ1) is 18.0. The van der Waals surface area contributed by atoms with Crippen LogP contribution in [0.2, 0.25) is 0 Å². The van der Waals surface area contributed by atoms with E-state index in [4.69, 9.17) is 4.42 Å². The van der Waals surface area contributed by atoms with Crippen molar-refractivity contribution in [2.45, 2.75) is 46.0 Å². The van der Waals surface area contributed by atoms with Crippen molar-refractivity contribution in [1.82, 2.24) is 10.6 Å². The summed E-state index contributed by atoms with van der Waals surface area (Å²) in [5.74, 6) is 0.913. The zero-order chi connectivity index (χ0) is 15.7. The molecule has 3 rings (SSSR count). The summed E-state index contributed by atoms with van der Waals surface area (Å²) >= 11 is 0. The number of hydrogen-bond acceptors (Lipinski definition) is 4. The van der Waals surface area contributed by atoms with E-state index < -0.39 is 0 Å². The Morgan fingerprint density at radius 2 is 2.00 bits per heavy atom. The molecule has 2 N–H and O–H groups in total. The van der Waals surface area contributed by atoms with Gasteiger partial charge in [0.05, 0.1) is 5.56 Å². The third-order valence-electron chi connectivity index (χ3n) is 5.00. The number of aryl methyl sites for hydroxylation is 1. The van der Waals surface area contributed by atoms with Crippen molar-refractivity contribution in [2.75, 3.05) is 19.6 Å². The molecule has 1 saturated heterocycles. The highest BCUT2D eigenvalue weighted by atomic mass is 35.5. The lowest BCUT2D eigenvalue weighted by atomic mass is 9.81.